The highest BCUT2D eigenvalue weighted by Crippen LogP contribution is 2.40. The summed E-state index contributed by atoms with van der Waals surface area (Å²) in [5.41, 5.74) is 9.29. The Morgan fingerprint density at radius 2 is 1.15 bits per heavy atom. The quantitative estimate of drug-likeness (QED) is 0.181. The second kappa shape index (κ2) is 10.9. The average molecular weight is 623 g/mol. The highest BCUT2D eigenvalue weighted by Gasteiger charge is 2.31. The van der Waals surface area contributed by atoms with Gasteiger partial charge >= 0.3 is 0 Å². The molecule has 3 N–H and O–H groups in total. The summed E-state index contributed by atoms with van der Waals surface area (Å²) in [6, 6.07) is 46.7. The molecule has 1 fully saturated rings. The molecule has 3 atom stereocenters. The highest BCUT2D eigenvalue weighted by atomic mass is 16.3. The van der Waals surface area contributed by atoms with Crippen molar-refractivity contribution in [2.24, 2.45) is 0 Å². The monoisotopic (exact) mass is 622 g/mol. The normalized spacial score (nSPS) is 18.4. The lowest BCUT2D eigenvalue weighted by Gasteiger charge is -2.40. The van der Waals surface area contributed by atoms with Crippen LogP contribution in [-0.2, 0) is 0 Å². The van der Waals surface area contributed by atoms with Crippen molar-refractivity contribution >= 4 is 54.6 Å². The molecule has 6 aromatic carbocycles. The summed E-state index contributed by atoms with van der Waals surface area (Å²) in [5, 5.41) is 18.3. The van der Waals surface area contributed by atoms with Crippen LogP contribution in [0.15, 0.2) is 155 Å². The number of benzene rings is 6. The summed E-state index contributed by atoms with van der Waals surface area (Å²) in [6.07, 6.45) is 3.31. The van der Waals surface area contributed by atoms with E-state index in [4.69, 9.17) is 8.83 Å². The Kier molecular flexibility index (Phi) is 6.20. The number of furan rings is 2. The van der Waals surface area contributed by atoms with E-state index in [0.29, 0.717) is 0 Å². The van der Waals surface area contributed by atoms with Crippen LogP contribution < -0.4 is 16.0 Å². The van der Waals surface area contributed by atoms with Crippen LogP contribution in [0.1, 0.15) is 35.2 Å². The Morgan fingerprint density at radius 1 is 0.458 bits per heavy atom. The maximum atomic E-state index is 6.27. The van der Waals surface area contributed by atoms with Gasteiger partial charge in [-0.05, 0) is 68.9 Å². The Morgan fingerprint density at radius 3 is 2.04 bits per heavy atom. The Hall–Kier alpha value is -5.79. The first-order chi connectivity index (χ1) is 23.8. The van der Waals surface area contributed by atoms with Gasteiger partial charge in [-0.15, -0.1) is 0 Å². The van der Waals surface area contributed by atoms with Crippen molar-refractivity contribution in [2.75, 3.05) is 0 Å². The maximum Gasteiger partial charge on any atom is 0.138 e. The molecule has 6 nitrogen and oxygen atoms in total. The van der Waals surface area contributed by atoms with Gasteiger partial charge in [0.1, 0.15) is 22.3 Å². The van der Waals surface area contributed by atoms with E-state index in [1.54, 1.807) is 6.20 Å². The van der Waals surface area contributed by atoms with Gasteiger partial charge in [-0.3, -0.25) is 20.9 Å². The van der Waals surface area contributed by atoms with E-state index in [1.807, 2.05) is 30.5 Å². The molecule has 3 aromatic heterocycles. The van der Waals surface area contributed by atoms with Crippen molar-refractivity contribution < 1.29 is 8.83 Å². The topological polar surface area (TPSA) is 75.3 Å². The van der Waals surface area contributed by atoms with Crippen LogP contribution in [0.2, 0.25) is 0 Å². The van der Waals surface area contributed by atoms with E-state index in [1.165, 1.54) is 21.9 Å². The van der Waals surface area contributed by atoms with E-state index in [2.05, 4.69) is 130 Å². The van der Waals surface area contributed by atoms with Gasteiger partial charge in [-0.1, -0.05) is 103 Å². The molecule has 6 heteroatoms. The fourth-order valence-electron chi connectivity index (χ4n) is 7.51. The third-order valence-electron chi connectivity index (χ3n) is 9.70. The van der Waals surface area contributed by atoms with E-state index >= 15 is 0 Å². The standard InChI is InChI=1S/C42H30N4O2/c1-2-9-25(10-3-1)40-44-41(46-42(45-40)32-15-8-18-37-39(32)31-12-4-5-16-34(31)47-37)27-19-20-28-26(23-27)11-6-13-29(28)30-14-7-17-36-38(30)33-24-43-22-21-35(33)48-36/h1-24,40-42,44-46H. The van der Waals surface area contributed by atoms with Crippen LogP contribution in [0.5, 0.6) is 0 Å². The van der Waals surface area contributed by atoms with Crippen molar-refractivity contribution in [2.45, 2.75) is 18.5 Å². The van der Waals surface area contributed by atoms with Crippen LogP contribution in [0.25, 0.3) is 65.8 Å². The number of rotatable bonds is 4. The third-order valence-corrected chi connectivity index (χ3v) is 9.70. The van der Waals surface area contributed by atoms with Gasteiger partial charge in [-0.25, -0.2) is 0 Å². The first-order valence-electron chi connectivity index (χ1n) is 16.3. The van der Waals surface area contributed by atoms with Crippen LogP contribution in [-0.4, -0.2) is 4.98 Å². The molecule has 0 spiro atoms. The lowest BCUT2D eigenvalue weighted by Crippen LogP contribution is -2.54. The number of para-hydroxylation sites is 1. The van der Waals surface area contributed by atoms with Gasteiger partial charge < -0.3 is 8.83 Å². The van der Waals surface area contributed by atoms with Gasteiger partial charge in [-0.2, -0.15) is 0 Å². The summed E-state index contributed by atoms with van der Waals surface area (Å²) in [6.45, 7) is 0. The summed E-state index contributed by atoms with van der Waals surface area (Å²) >= 11 is 0. The fourth-order valence-corrected chi connectivity index (χ4v) is 7.51. The number of hydrogen-bond donors (Lipinski definition) is 3. The third kappa shape index (κ3) is 4.35. The molecule has 3 unspecified atom stereocenters. The van der Waals surface area contributed by atoms with Crippen molar-refractivity contribution in [3.05, 3.63) is 163 Å². The Bertz CT molecular complexity index is 2640. The van der Waals surface area contributed by atoms with Crippen molar-refractivity contribution in [3.63, 3.8) is 0 Å². The van der Waals surface area contributed by atoms with Crippen LogP contribution in [0, 0.1) is 0 Å². The summed E-state index contributed by atoms with van der Waals surface area (Å²) in [5.74, 6) is 0. The number of nitrogens with zero attached hydrogens (tertiary/aromatic N) is 1. The SMILES string of the molecule is c1ccc(C2NC(c3ccc4c(-c5cccc6oc7ccncc7c56)cccc4c3)NC(c3cccc4oc5ccccc5c34)N2)cc1. The highest BCUT2D eigenvalue weighted by molar-refractivity contribution is 6.15. The minimum atomic E-state index is -0.145. The smallest absolute Gasteiger partial charge is 0.138 e. The molecule has 48 heavy (non-hydrogen) atoms. The van der Waals surface area contributed by atoms with Crippen LogP contribution >= 0.6 is 0 Å². The van der Waals surface area contributed by atoms with E-state index < -0.39 is 0 Å². The molecule has 1 aliphatic rings. The molecule has 0 aliphatic carbocycles. The predicted molar refractivity (Wildman–Crippen MR) is 192 cm³/mol. The molecule has 1 aliphatic heterocycles. The summed E-state index contributed by atoms with van der Waals surface area (Å²) < 4.78 is 12.5. The van der Waals surface area contributed by atoms with Crippen molar-refractivity contribution in [1.29, 1.82) is 0 Å². The Labute approximate surface area is 276 Å². The maximum absolute atomic E-state index is 6.27. The fraction of sp³-hybridized carbons (Fsp3) is 0.0714. The van der Waals surface area contributed by atoms with Crippen LogP contribution in [0.3, 0.4) is 0 Å². The lowest BCUT2D eigenvalue weighted by atomic mass is 9.93. The van der Waals surface area contributed by atoms with E-state index in [9.17, 15) is 0 Å². The van der Waals surface area contributed by atoms with Crippen LogP contribution in [0.4, 0.5) is 0 Å². The number of nitrogens with one attached hydrogen (secondary N) is 3. The van der Waals surface area contributed by atoms with Gasteiger partial charge in [0, 0.05) is 33.9 Å². The second-order valence-corrected chi connectivity index (χ2v) is 12.5. The van der Waals surface area contributed by atoms with E-state index in [-0.39, 0.29) is 18.5 Å². The summed E-state index contributed by atoms with van der Waals surface area (Å²) in [4.78, 5) is 4.40. The molecule has 9 aromatic rings. The Balaban J connectivity index is 1.09. The largest absolute Gasteiger partial charge is 0.456 e. The molecule has 0 saturated carbocycles. The number of fused-ring (bicyclic) bond motifs is 7. The zero-order valence-electron chi connectivity index (χ0n) is 25.9. The summed E-state index contributed by atoms with van der Waals surface area (Å²) in [7, 11) is 0. The van der Waals surface area contributed by atoms with Gasteiger partial charge in [0.2, 0.25) is 0 Å². The minimum Gasteiger partial charge on any atom is -0.456 e. The predicted octanol–water partition coefficient (Wildman–Crippen LogP) is 9.88. The zero-order chi connectivity index (χ0) is 31.6. The average Bonchev–Trinajstić information content (AvgIpc) is 3.73. The molecular formula is C42H30N4O2. The number of hydrogen-bond acceptors (Lipinski definition) is 6. The molecule has 0 bridgehead atoms. The van der Waals surface area contributed by atoms with Crippen molar-refractivity contribution in [3.8, 4) is 11.1 Å². The molecule has 230 valence electrons. The van der Waals surface area contributed by atoms with Gasteiger partial charge in [0.25, 0.3) is 0 Å². The molecule has 0 radical (unpaired) electrons. The number of pyridine rings is 1. The minimum absolute atomic E-state index is 0.0847. The van der Waals surface area contributed by atoms with E-state index in [0.717, 1.165) is 60.6 Å². The van der Waals surface area contributed by atoms with Gasteiger partial charge in [0.15, 0.2) is 0 Å². The molecular weight excluding hydrogens is 592 g/mol. The molecule has 0 amide bonds. The lowest BCUT2D eigenvalue weighted by molar-refractivity contribution is 0.204. The van der Waals surface area contributed by atoms with Gasteiger partial charge in [0.05, 0.1) is 18.5 Å². The number of aromatic nitrogens is 1. The molecule has 10 rings (SSSR count). The second-order valence-electron chi connectivity index (χ2n) is 12.5. The first-order valence-corrected chi connectivity index (χ1v) is 16.3. The van der Waals surface area contributed by atoms with Crippen molar-refractivity contribution in [1.82, 2.24) is 20.9 Å². The molecule has 4 heterocycles. The zero-order valence-corrected chi connectivity index (χ0v) is 25.9. The molecule has 1 saturated heterocycles. The first kappa shape index (κ1) is 27.3.